The van der Waals surface area contributed by atoms with Crippen LogP contribution in [0, 0.1) is 0 Å². The van der Waals surface area contributed by atoms with Gasteiger partial charge in [0, 0.05) is 0 Å². The largest absolute Gasteiger partial charge is 0.260 e. The second-order valence-electron chi connectivity index (χ2n) is 10.4. The molecule has 34 heavy (non-hydrogen) atoms. The monoisotopic (exact) mass is 467 g/mol. The van der Waals surface area contributed by atoms with Gasteiger partial charge < -0.3 is 0 Å². The lowest BCUT2D eigenvalue weighted by molar-refractivity contribution is -0.703. The first kappa shape index (κ1) is 28.7. The predicted molar refractivity (Wildman–Crippen MR) is 148 cm³/mol. The first-order chi connectivity index (χ1) is 16.8. The van der Waals surface area contributed by atoms with E-state index in [9.17, 15) is 0 Å². The molecule has 0 spiro atoms. The maximum atomic E-state index is 2.52. The molecule has 2 heteroatoms. The second kappa shape index (κ2) is 19.7. The van der Waals surface area contributed by atoms with Crippen LogP contribution in [0.1, 0.15) is 141 Å². The van der Waals surface area contributed by atoms with Gasteiger partial charge in [0.05, 0.1) is 19.5 Å². The van der Waals surface area contributed by atoms with Crippen molar-refractivity contribution in [1.82, 2.24) is 4.57 Å². The summed E-state index contributed by atoms with van der Waals surface area (Å²) < 4.78 is 5.01. The minimum atomic E-state index is 1.04. The Bertz CT molecular complexity index is 703. The molecule has 0 unspecified atom stereocenters. The standard InChI is InChI=1S/C32H55N2/c1-3-5-7-8-9-10-11-12-13-14-15-16-17-18-19-23-27-34-29-28-33(26-6-4-2)32(34)30-31-24-21-20-22-25-31/h20-22,24-25,28-29H,3-19,23,26-27,30H2,1-2H3/q+1. The van der Waals surface area contributed by atoms with Crippen molar-refractivity contribution in [3.05, 3.63) is 54.1 Å². The molecule has 0 saturated carbocycles. The fourth-order valence-corrected chi connectivity index (χ4v) is 5.05. The summed E-state index contributed by atoms with van der Waals surface area (Å²) >= 11 is 0. The zero-order valence-corrected chi connectivity index (χ0v) is 22.8. The van der Waals surface area contributed by atoms with Gasteiger partial charge in [-0.3, -0.25) is 0 Å². The molecule has 1 aromatic carbocycles. The number of hydrogen-bond donors (Lipinski definition) is 0. The van der Waals surface area contributed by atoms with Gasteiger partial charge in [-0.1, -0.05) is 140 Å². The van der Waals surface area contributed by atoms with Crippen LogP contribution in [-0.4, -0.2) is 4.57 Å². The highest BCUT2D eigenvalue weighted by atomic mass is 15.1. The third-order valence-corrected chi connectivity index (χ3v) is 7.30. The van der Waals surface area contributed by atoms with Crippen LogP contribution in [0.15, 0.2) is 42.7 Å². The summed E-state index contributed by atoms with van der Waals surface area (Å²) in [6.07, 6.45) is 31.1. The van der Waals surface area contributed by atoms with Gasteiger partial charge in [0.15, 0.2) is 0 Å². The summed E-state index contributed by atoms with van der Waals surface area (Å²) in [5.41, 5.74) is 1.42. The van der Waals surface area contributed by atoms with Gasteiger partial charge in [-0.15, -0.1) is 0 Å². The van der Waals surface area contributed by atoms with Crippen molar-refractivity contribution in [2.45, 2.75) is 149 Å². The maximum absolute atomic E-state index is 2.52. The van der Waals surface area contributed by atoms with Crippen molar-refractivity contribution < 1.29 is 4.57 Å². The van der Waals surface area contributed by atoms with Gasteiger partial charge in [-0.25, -0.2) is 9.13 Å². The van der Waals surface area contributed by atoms with E-state index >= 15 is 0 Å². The average Bonchev–Trinajstić information content (AvgIpc) is 3.24. The Morgan fingerprint density at radius 2 is 1.09 bits per heavy atom. The lowest BCUT2D eigenvalue weighted by Gasteiger charge is -2.06. The highest BCUT2D eigenvalue weighted by molar-refractivity contribution is 5.18. The van der Waals surface area contributed by atoms with Gasteiger partial charge in [0.2, 0.25) is 0 Å². The lowest BCUT2D eigenvalue weighted by atomic mass is 10.0. The lowest BCUT2D eigenvalue weighted by Crippen LogP contribution is -2.37. The average molecular weight is 468 g/mol. The Labute approximate surface area is 212 Å². The first-order valence-electron chi connectivity index (χ1n) is 15.0. The molecule has 0 N–H and O–H groups in total. The molecule has 1 heterocycles. The fraction of sp³-hybridized carbons (Fsp3) is 0.719. The molecular weight excluding hydrogens is 412 g/mol. The quantitative estimate of drug-likeness (QED) is 0.120. The van der Waals surface area contributed by atoms with Gasteiger partial charge in [-0.2, -0.15) is 0 Å². The van der Waals surface area contributed by atoms with Gasteiger partial charge in [0.1, 0.15) is 12.4 Å². The number of unbranched alkanes of at least 4 members (excludes halogenated alkanes) is 16. The minimum absolute atomic E-state index is 1.04. The molecule has 0 aliphatic carbocycles. The Kier molecular flexibility index (Phi) is 16.6. The molecule has 2 nitrogen and oxygen atoms in total. The van der Waals surface area contributed by atoms with E-state index < -0.39 is 0 Å². The Morgan fingerprint density at radius 1 is 0.588 bits per heavy atom. The van der Waals surface area contributed by atoms with Crippen LogP contribution in [0.25, 0.3) is 0 Å². The Hall–Kier alpha value is -1.57. The molecule has 0 atom stereocenters. The number of aromatic nitrogens is 2. The van der Waals surface area contributed by atoms with Gasteiger partial charge >= 0.3 is 0 Å². The molecule has 0 saturated heterocycles. The number of benzene rings is 1. The summed E-state index contributed by atoms with van der Waals surface area (Å²) in [7, 11) is 0. The van der Waals surface area contributed by atoms with Crippen molar-refractivity contribution in [2.75, 3.05) is 0 Å². The molecule has 0 radical (unpaired) electrons. The van der Waals surface area contributed by atoms with E-state index in [4.69, 9.17) is 0 Å². The van der Waals surface area contributed by atoms with E-state index in [2.05, 4.69) is 65.7 Å². The number of rotatable bonds is 22. The number of imidazole rings is 1. The zero-order valence-electron chi connectivity index (χ0n) is 22.8. The molecule has 0 amide bonds. The van der Waals surface area contributed by atoms with Crippen LogP contribution in [0.3, 0.4) is 0 Å². The molecule has 2 aromatic rings. The maximum Gasteiger partial charge on any atom is 0.260 e. The third-order valence-electron chi connectivity index (χ3n) is 7.30. The zero-order chi connectivity index (χ0) is 24.1. The molecule has 192 valence electrons. The summed E-state index contributed by atoms with van der Waals surface area (Å²) in [6, 6.07) is 11.0. The van der Waals surface area contributed by atoms with Crippen LogP contribution in [0.2, 0.25) is 0 Å². The molecule has 0 bridgehead atoms. The van der Waals surface area contributed by atoms with E-state index in [1.165, 1.54) is 134 Å². The molecule has 1 aromatic heterocycles. The van der Waals surface area contributed by atoms with Crippen LogP contribution < -0.4 is 4.57 Å². The number of hydrogen-bond acceptors (Lipinski definition) is 0. The SMILES string of the molecule is CCCCCCCCCCCCCCCCCC[n+]1ccn(CCCC)c1Cc1ccccc1. The summed E-state index contributed by atoms with van der Waals surface area (Å²) in [6.45, 7) is 6.89. The van der Waals surface area contributed by atoms with Crippen molar-refractivity contribution in [3.8, 4) is 0 Å². The normalized spacial score (nSPS) is 11.4. The van der Waals surface area contributed by atoms with E-state index in [1.54, 1.807) is 0 Å². The molecule has 0 aliphatic heterocycles. The molecular formula is C32H55N2+. The smallest absolute Gasteiger partial charge is 0.234 e. The van der Waals surface area contributed by atoms with E-state index in [0.717, 1.165) is 13.0 Å². The Morgan fingerprint density at radius 3 is 1.62 bits per heavy atom. The highest BCUT2D eigenvalue weighted by Gasteiger charge is 2.17. The van der Waals surface area contributed by atoms with Gasteiger partial charge in [-0.05, 0) is 24.8 Å². The van der Waals surface area contributed by atoms with Crippen LogP contribution >= 0.6 is 0 Å². The van der Waals surface area contributed by atoms with Crippen molar-refractivity contribution >= 4 is 0 Å². The van der Waals surface area contributed by atoms with E-state index in [-0.39, 0.29) is 0 Å². The summed E-state index contributed by atoms with van der Waals surface area (Å²) in [5.74, 6) is 1.47. The fourth-order valence-electron chi connectivity index (χ4n) is 5.05. The third kappa shape index (κ3) is 12.8. The van der Waals surface area contributed by atoms with Crippen LogP contribution in [0.4, 0.5) is 0 Å². The van der Waals surface area contributed by atoms with Crippen molar-refractivity contribution in [3.63, 3.8) is 0 Å². The van der Waals surface area contributed by atoms with Crippen LogP contribution in [-0.2, 0) is 19.5 Å². The highest BCUT2D eigenvalue weighted by Crippen LogP contribution is 2.14. The van der Waals surface area contributed by atoms with Gasteiger partial charge in [0.25, 0.3) is 5.82 Å². The van der Waals surface area contributed by atoms with Crippen LogP contribution in [0.5, 0.6) is 0 Å². The molecule has 0 fully saturated rings. The summed E-state index contributed by atoms with van der Waals surface area (Å²) in [5, 5.41) is 0. The Balaban J connectivity index is 1.52. The minimum Gasteiger partial charge on any atom is -0.234 e. The first-order valence-corrected chi connectivity index (χ1v) is 15.0. The van der Waals surface area contributed by atoms with Crippen molar-refractivity contribution in [1.29, 1.82) is 0 Å². The van der Waals surface area contributed by atoms with Crippen molar-refractivity contribution in [2.24, 2.45) is 0 Å². The predicted octanol–water partition coefficient (Wildman–Crippen LogP) is 9.43. The number of nitrogens with zero attached hydrogens (tertiary/aromatic N) is 2. The van der Waals surface area contributed by atoms with E-state index in [1.807, 2.05) is 0 Å². The molecule has 2 rings (SSSR count). The second-order valence-corrected chi connectivity index (χ2v) is 10.4. The topological polar surface area (TPSA) is 8.81 Å². The van der Waals surface area contributed by atoms with E-state index in [0.29, 0.717) is 0 Å². The number of aryl methyl sites for hydroxylation is 2. The molecule has 0 aliphatic rings. The summed E-state index contributed by atoms with van der Waals surface area (Å²) in [4.78, 5) is 0.